The molecular formula is C16H31N5O3S. The topological polar surface area (TPSA) is 94.1 Å². The zero-order chi connectivity index (χ0) is 18.4. The van der Waals surface area contributed by atoms with Gasteiger partial charge < -0.3 is 15.5 Å². The van der Waals surface area contributed by atoms with Gasteiger partial charge in [0, 0.05) is 39.3 Å². The van der Waals surface area contributed by atoms with Crippen LogP contribution in [0.25, 0.3) is 0 Å². The number of aliphatic imine (C=N–C) groups is 1. The molecule has 1 heterocycles. The molecule has 2 N–H and O–H groups in total. The molecule has 0 spiro atoms. The number of nitrogens with one attached hydrogen (secondary N) is 2. The molecule has 8 nitrogen and oxygen atoms in total. The third kappa shape index (κ3) is 6.14. The van der Waals surface area contributed by atoms with Crippen molar-refractivity contribution in [2.45, 2.75) is 50.6 Å². The maximum atomic E-state index is 11.9. The van der Waals surface area contributed by atoms with Crippen molar-refractivity contribution in [2.75, 3.05) is 40.0 Å². The SMILES string of the molecule is CN(C)C(=O)CN=C(NC[C@H]1CCCN1S(C)(=O)=O)NC1CCCC1. The molecule has 0 aromatic rings. The van der Waals surface area contributed by atoms with E-state index in [0.717, 1.165) is 25.7 Å². The predicted octanol–water partition coefficient (Wildman–Crippen LogP) is -0.0236. The van der Waals surface area contributed by atoms with Crippen LogP contribution in [0.2, 0.25) is 0 Å². The third-order valence-electron chi connectivity index (χ3n) is 4.82. The summed E-state index contributed by atoms with van der Waals surface area (Å²) in [5.41, 5.74) is 0. The van der Waals surface area contributed by atoms with E-state index in [-0.39, 0.29) is 18.5 Å². The van der Waals surface area contributed by atoms with Crippen molar-refractivity contribution in [1.82, 2.24) is 19.8 Å². The Hall–Kier alpha value is -1.35. The van der Waals surface area contributed by atoms with Crippen LogP contribution >= 0.6 is 0 Å². The summed E-state index contributed by atoms with van der Waals surface area (Å²) in [6.45, 7) is 1.16. The molecule has 9 heteroatoms. The van der Waals surface area contributed by atoms with Gasteiger partial charge in [-0.15, -0.1) is 0 Å². The van der Waals surface area contributed by atoms with Gasteiger partial charge in [-0.25, -0.2) is 13.4 Å². The molecule has 1 amide bonds. The second kappa shape index (κ2) is 8.84. The van der Waals surface area contributed by atoms with Gasteiger partial charge in [-0.2, -0.15) is 4.31 Å². The van der Waals surface area contributed by atoms with Gasteiger partial charge in [0.1, 0.15) is 6.54 Å². The summed E-state index contributed by atoms with van der Waals surface area (Å²) in [5, 5.41) is 6.63. The van der Waals surface area contributed by atoms with Crippen LogP contribution in [0, 0.1) is 0 Å². The fourth-order valence-electron chi connectivity index (χ4n) is 3.37. The fraction of sp³-hybridized carbons (Fsp3) is 0.875. The van der Waals surface area contributed by atoms with E-state index in [4.69, 9.17) is 0 Å². The quantitative estimate of drug-likeness (QED) is 0.504. The highest BCUT2D eigenvalue weighted by Crippen LogP contribution is 2.20. The van der Waals surface area contributed by atoms with Gasteiger partial charge in [0.2, 0.25) is 15.9 Å². The zero-order valence-electron chi connectivity index (χ0n) is 15.5. The highest BCUT2D eigenvalue weighted by Gasteiger charge is 2.31. The lowest BCUT2D eigenvalue weighted by Crippen LogP contribution is -2.48. The van der Waals surface area contributed by atoms with Crippen molar-refractivity contribution in [3.8, 4) is 0 Å². The van der Waals surface area contributed by atoms with E-state index < -0.39 is 10.0 Å². The summed E-state index contributed by atoms with van der Waals surface area (Å²) in [4.78, 5) is 17.7. The molecule has 25 heavy (non-hydrogen) atoms. The molecule has 1 aliphatic heterocycles. The Morgan fingerprint density at radius 3 is 2.48 bits per heavy atom. The number of hydrogen-bond donors (Lipinski definition) is 2. The predicted molar refractivity (Wildman–Crippen MR) is 99.0 cm³/mol. The lowest BCUT2D eigenvalue weighted by Gasteiger charge is -2.24. The van der Waals surface area contributed by atoms with Crippen LogP contribution in [0.1, 0.15) is 38.5 Å². The third-order valence-corrected chi connectivity index (χ3v) is 6.15. The molecule has 2 aliphatic rings. The van der Waals surface area contributed by atoms with E-state index in [1.54, 1.807) is 18.4 Å². The van der Waals surface area contributed by atoms with Crippen LogP contribution in [-0.2, 0) is 14.8 Å². The molecule has 0 aromatic heterocycles. The standard InChI is InChI=1S/C16H31N5O3S/c1-20(2)15(22)12-18-16(19-13-7-4-5-8-13)17-11-14-9-6-10-21(14)25(3,23)24/h13-14H,4-12H2,1-3H3,(H2,17,18,19)/t14-/m1/s1. The number of sulfonamides is 1. The number of hydrogen-bond acceptors (Lipinski definition) is 4. The summed E-state index contributed by atoms with van der Waals surface area (Å²) in [5.74, 6) is 0.536. The highest BCUT2D eigenvalue weighted by atomic mass is 32.2. The molecule has 0 bridgehead atoms. The number of likely N-dealkylation sites (N-methyl/N-ethyl adjacent to an activating group) is 1. The van der Waals surface area contributed by atoms with Crippen molar-refractivity contribution in [3.63, 3.8) is 0 Å². The van der Waals surface area contributed by atoms with Gasteiger partial charge in [0.05, 0.1) is 6.26 Å². The Balaban J connectivity index is 1.97. The van der Waals surface area contributed by atoms with Gasteiger partial charge in [-0.1, -0.05) is 12.8 Å². The average Bonchev–Trinajstić information content (AvgIpc) is 3.20. The molecule has 0 unspecified atom stereocenters. The van der Waals surface area contributed by atoms with E-state index in [9.17, 15) is 13.2 Å². The molecule has 1 saturated heterocycles. The van der Waals surface area contributed by atoms with E-state index >= 15 is 0 Å². The van der Waals surface area contributed by atoms with Crippen LogP contribution in [0.4, 0.5) is 0 Å². The Bertz CT molecular complexity index is 585. The second-order valence-electron chi connectivity index (χ2n) is 7.13. The van der Waals surface area contributed by atoms with Crippen LogP contribution in [-0.4, -0.2) is 81.6 Å². The average molecular weight is 374 g/mol. The number of amides is 1. The van der Waals surface area contributed by atoms with Crippen molar-refractivity contribution in [3.05, 3.63) is 0 Å². The molecule has 1 saturated carbocycles. The summed E-state index contributed by atoms with van der Waals surface area (Å²) in [7, 11) is 0.226. The molecule has 0 aromatic carbocycles. The summed E-state index contributed by atoms with van der Waals surface area (Å²) >= 11 is 0. The fourth-order valence-corrected chi connectivity index (χ4v) is 4.55. The summed E-state index contributed by atoms with van der Waals surface area (Å²) in [6, 6.07) is 0.311. The Morgan fingerprint density at radius 1 is 1.20 bits per heavy atom. The Kier molecular flexibility index (Phi) is 7.06. The van der Waals surface area contributed by atoms with Gasteiger partial charge in [0.25, 0.3) is 0 Å². The first-order chi connectivity index (χ1) is 11.8. The van der Waals surface area contributed by atoms with Crippen LogP contribution < -0.4 is 10.6 Å². The molecule has 2 rings (SSSR count). The normalized spacial score (nSPS) is 23.0. The lowest BCUT2D eigenvalue weighted by molar-refractivity contribution is -0.127. The minimum atomic E-state index is -3.19. The number of rotatable bonds is 6. The first-order valence-corrected chi connectivity index (χ1v) is 10.8. The first kappa shape index (κ1) is 20.0. The van der Waals surface area contributed by atoms with Gasteiger partial charge >= 0.3 is 0 Å². The molecule has 2 fully saturated rings. The number of carbonyl (C=O) groups is 1. The summed E-state index contributed by atoms with van der Waals surface area (Å²) in [6.07, 6.45) is 7.57. The molecular weight excluding hydrogens is 342 g/mol. The van der Waals surface area contributed by atoms with Crippen LogP contribution in [0.5, 0.6) is 0 Å². The second-order valence-corrected chi connectivity index (χ2v) is 9.06. The number of nitrogens with zero attached hydrogens (tertiary/aromatic N) is 3. The molecule has 1 atom stereocenters. The van der Waals surface area contributed by atoms with Crippen LogP contribution in [0.3, 0.4) is 0 Å². The van der Waals surface area contributed by atoms with E-state index in [1.807, 2.05) is 0 Å². The van der Waals surface area contributed by atoms with E-state index in [0.29, 0.717) is 25.1 Å². The smallest absolute Gasteiger partial charge is 0.243 e. The first-order valence-electron chi connectivity index (χ1n) is 8.99. The van der Waals surface area contributed by atoms with Crippen molar-refractivity contribution in [2.24, 2.45) is 4.99 Å². The number of guanidine groups is 1. The maximum absolute atomic E-state index is 11.9. The lowest BCUT2D eigenvalue weighted by atomic mass is 10.2. The van der Waals surface area contributed by atoms with Gasteiger partial charge in [-0.3, -0.25) is 4.79 Å². The molecule has 0 radical (unpaired) electrons. The van der Waals surface area contributed by atoms with Crippen LogP contribution in [0.15, 0.2) is 4.99 Å². The van der Waals surface area contributed by atoms with Gasteiger partial charge in [-0.05, 0) is 25.7 Å². The molecule has 1 aliphatic carbocycles. The minimum absolute atomic E-state index is 0.0601. The maximum Gasteiger partial charge on any atom is 0.243 e. The van der Waals surface area contributed by atoms with E-state index in [2.05, 4.69) is 15.6 Å². The van der Waals surface area contributed by atoms with Crippen molar-refractivity contribution < 1.29 is 13.2 Å². The summed E-state index contributed by atoms with van der Waals surface area (Å²) < 4.78 is 25.3. The monoisotopic (exact) mass is 373 g/mol. The van der Waals surface area contributed by atoms with Gasteiger partial charge in [0.15, 0.2) is 5.96 Å². The largest absolute Gasteiger partial charge is 0.355 e. The Labute approximate surface area is 151 Å². The van der Waals surface area contributed by atoms with Crippen molar-refractivity contribution in [1.29, 1.82) is 0 Å². The minimum Gasteiger partial charge on any atom is -0.355 e. The zero-order valence-corrected chi connectivity index (χ0v) is 16.3. The molecule has 144 valence electrons. The Morgan fingerprint density at radius 2 is 1.88 bits per heavy atom. The number of carbonyl (C=O) groups excluding carboxylic acids is 1. The van der Waals surface area contributed by atoms with E-state index in [1.165, 1.54) is 24.0 Å². The highest BCUT2D eigenvalue weighted by molar-refractivity contribution is 7.88. The van der Waals surface area contributed by atoms with Crippen molar-refractivity contribution >= 4 is 21.9 Å².